The highest BCUT2D eigenvalue weighted by atomic mass is 35.5. The van der Waals surface area contributed by atoms with Crippen LogP contribution in [0.2, 0.25) is 0 Å². The molecule has 0 rings (SSSR count). The van der Waals surface area contributed by atoms with Crippen molar-refractivity contribution in [2.24, 2.45) is 17.2 Å². The summed E-state index contributed by atoms with van der Waals surface area (Å²) < 4.78 is 5.47. The normalized spacial score (nSPS) is 12.5. The lowest BCUT2D eigenvalue weighted by molar-refractivity contribution is -0.151. The standard InChI is InChI=1S/C20H43N3O2.ClH/c1-3-5-7-9-11-13-15-18(25-19(24)17-21)20(22,23)16-14-12-10-8-6-4-2;/h18H,3-17,21-23H2,1-2H3;1H. The Labute approximate surface area is 167 Å². The van der Waals surface area contributed by atoms with E-state index in [4.69, 9.17) is 21.9 Å². The molecular weight excluding hydrogens is 350 g/mol. The molecule has 1 atom stereocenters. The van der Waals surface area contributed by atoms with Crippen molar-refractivity contribution >= 4 is 18.4 Å². The minimum absolute atomic E-state index is 0. The van der Waals surface area contributed by atoms with Gasteiger partial charge >= 0.3 is 5.97 Å². The zero-order chi connectivity index (χ0) is 19.0. The molecule has 0 radical (unpaired) electrons. The summed E-state index contributed by atoms with van der Waals surface area (Å²) in [4.78, 5) is 11.6. The number of carbonyl (C=O) groups excluding carboxylic acids is 1. The first-order valence-electron chi connectivity index (χ1n) is 10.4. The third-order valence-electron chi connectivity index (χ3n) is 4.82. The molecule has 0 aliphatic carbocycles. The van der Waals surface area contributed by atoms with Gasteiger partial charge in [-0.05, 0) is 19.3 Å². The molecule has 0 spiro atoms. The smallest absolute Gasteiger partial charge is 0.320 e. The van der Waals surface area contributed by atoms with Gasteiger partial charge in [-0.15, -0.1) is 12.4 Å². The van der Waals surface area contributed by atoms with E-state index in [2.05, 4.69) is 13.8 Å². The molecule has 0 aliphatic rings. The second-order valence-electron chi connectivity index (χ2n) is 7.37. The molecule has 5 nitrogen and oxygen atoms in total. The molecule has 0 bridgehead atoms. The number of hydrogen-bond acceptors (Lipinski definition) is 5. The molecule has 0 aliphatic heterocycles. The van der Waals surface area contributed by atoms with E-state index < -0.39 is 17.7 Å². The van der Waals surface area contributed by atoms with Gasteiger partial charge in [0.1, 0.15) is 11.8 Å². The Bertz CT molecular complexity index is 328. The fourth-order valence-electron chi connectivity index (χ4n) is 3.13. The van der Waals surface area contributed by atoms with Crippen molar-refractivity contribution in [3.05, 3.63) is 0 Å². The molecule has 0 aromatic carbocycles. The Hall–Kier alpha value is -0.360. The van der Waals surface area contributed by atoms with Crippen LogP contribution < -0.4 is 17.2 Å². The summed E-state index contributed by atoms with van der Waals surface area (Å²) in [6, 6.07) is 0. The molecule has 0 amide bonds. The SMILES string of the molecule is CCCCCCCCC(OC(=O)CN)C(N)(N)CCCCCCCC.Cl. The van der Waals surface area contributed by atoms with E-state index in [9.17, 15) is 4.79 Å². The molecule has 6 N–H and O–H groups in total. The minimum atomic E-state index is -0.959. The van der Waals surface area contributed by atoms with Crippen molar-refractivity contribution in [1.82, 2.24) is 0 Å². The third-order valence-corrected chi connectivity index (χ3v) is 4.82. The first kappa shape index (κ1) is 27.9. The Morgan fingerprint density at radius 1 is 0.846 bits per heavy atom. The molecule has 26 heavy (non-hydrogen) atoms. The fourth-order valence-corrected chi connectivity index (χ4v) is 3.13. The monoisotopic (exact) mass is 393 g/mol. The number of halogens is 1. The van der Waals surface area contributed by atoms with Gasteiger partial charge in [0.2, 0.25) is 0 Å². The number of nitrogens with two attached hydrogens (primary N) is 3. The van der Waals surface area contributed by atoms with Crippen molar-refractivity contribution in [2.75, 3.05) is 6.54 Å². The maximum absolute atomic E-state index is 11.6. The number of ether oxygens (including phenoxy) is 1. The second kappa shape index (κ2) is 18.0. The van der Waals surface area contributed by atoms with Gasteiger partial charge in [0.05, 0.1) is 6.54 Å². The molecular formula is C20H44ClN3O2. The zero-order valence-corrected chi connectivity index (χ0v) is 18.0. The Kier molecular flexibility index (Phi) is 19.3. The first-order valence-corrected chi connectivity index (χ1v) is 10.4. The summed E-state index contributed by atoms with van der Waals surface area (Å²) in [5, 5.41) is 0. The number of carbonyl (C=O) groups is 1. The fraction of sp³-hybridized carbons (Fsp3) is 0.950. The van der Waals surface area contributed by atoms with Gasteiger partial charge in [0.15, 0.2) is 0 Å². The molecule has 0 saturated heterocycles. The van der Waals surface area contributed by atoms with Gasteiger partial charge in [-0.2, -0.15) is 0 Å². The van der Waals surface area contributed by atoms with Gasteiger partial charge in [0, 0.05) is 0 Å². The summed E-state index contributed by atoms with van der Waals surface area (Å²) >= 11 is 0. The van der Waals surface area contributed by atoms with E-state index in [1.54, 1.807) is 0 Å². The van der Waals surface area contributed by atoms with E-state index in [1.165, 1.54) is 51.4 Å². The lowest BCUT2D eigenvalue weighted by Gasteiger charge is -2.33. The maximum Gasteiger partial charge on any atom is 0.320 e. The zero-order valence-electron chi connectivity index (χ0n) is 17.1. The molecule has 6 heteroatoms. The van der Waals surface area contributed by atoms with Crippen LogP contribution in [0, 0.1) is 0 Å². The highest BCUT2D eigenvalue weighted by Crippen LogP contribution is 2.21. The summed E-state index contributed by atoms with van der Waals surface area (Å²) in [7, 11) is 0. The van der Waals surface area contributed by atoms with Gasteiger partial charge in [-0.3, -0.25) is 4.79 Å². The van der Waals surface area contributed by atoms with Gasteiger partial charge in [-0.25, -0.2) is 0 Å². The van der Waals surface area contributed by atoms with Crippen LogP contribution in [0.15, 0.2) is 0 Å². The highest BCUT2D eigenvalue weighted by Gasteiger charge is 2.33. The quantitative estimate of drug-likeness (QED) is 0.193. The largest absolute Gasteiger partial charge is 0.458 e. The lowest BCUT2D eigenvalue weighted by atomic mass is 9.92. The maximum atomic E-state index is 11.6. The average molecular weight is 394 g/mol. The number of unbranched alkanes of at least 4 members (excludes halogenated alkanes) is 10. The van der Waals surface area contributed by atoms with Crippen molar-refractivity contribution in [2.45, 2.75) is 116 Å². The van der Waals surface area contributed by atoms with Gasteiger partial charge in [-0.1, -0.05) is 84.5 Å². The van der Waals surface area contributed by atoms with Crippen molar-refractivity contribution in [3.63, 3.8) is 0 Å². The van der Waals surface area contributed by atoms with Crippen LogP contribution in [0.5, 0.6) is 0 Å². The van der Waals surface area contributed by atoms with E-state index >= 15 is 0 Å². The lowest BCUT2D eigenvalue weighted by Crippen LogP contribution is -2.60. The molecule has 158 valence electrons. The Morgan fingerprint density at radius 2 is 1.31 bits per heavy atom. The van der Waals surface area contributed by atoms with E-state index in [1.807, 2.05) is 0 Å². The molecule has 0 saturated carbocycles. The summed E-state index contributed by atoms with van der Waals surface area (Å²) in [6.07, 6.45) is 15.2. The van der Waals surface area contributed by atoms with Crippen LogP contribution in [0.1, 0.15) is 104 Å². The third kappa shape index (κ3) is 14.8. The van der Waals surface area contributed by atoms with Crippen LogP contribution in [-0.2, 0) is 9.53 Å². The van der Waals surface area contributed by atoms with Crippen LogP contribution in [0.3, 0.4) is 0 Å². The van der Waals surface area contributed by atoms with Crippen molar-refractivity contribution < 1.29 is 9.53 Å². The molecule has 0 aromatic rings. The summed E-state index contributed by atoms with van der Waals surface area (Å²) in [6.45, 7) is 4.30. The first-order chi connectivity index (χ1) is 12.0. The summed E-state index contributed by atoms with van der Waals surface area (Å²) in [5.41, 5.74) is 17.1. The molecule has 0 heterocycles. The average Bonchev–Trinajstić information content (AvgIpc) is 2.59. The second-order valence-corrected chi connectivity index (χ2v) is 7.37. The Balaban J connectivity index is 0. The van der Waals surface area contributed by atoms with Gasteiger partial charge < -0.3 is 21.9 Å². The molecule has 0 aromatic heterocycles. The van der Waals surface area contributed by atoms with Crippen molar-refractivity contribution in [1.29, 1.82) is 0 Å². The number of esters is 1. The van der Waals surface area contributed by atoms with E-state index in [0.717, 1.165) is 32.1 Å². The Morgan fingerprint density at radius 3 is 1.81 bits per heavy atom. The summed E-state index contributed by atoms with van der Waals surface area (Å²) in [5.74, 6) is -0.417. The van der Waals surface area contributed by atoms with Crippen LogP contribution in [0.4, 0.5) is 0 Å². The van der Waals surface area contributed by atoms with Crippen LogP contribution in [0.25, 0.3) is 0 Å². The highest BCUT2D eigenvalue weighted by molar-refractivity contribution is 5.85. The topological polar surface area (TPSA) is 104 Å². The number of rotatable bonds is 17. The van der Waals surface area contributed by atoms with E-state index in [-0.39, 0.29) is 19.0 Å². The molecule has 0 fully saturated rings. The predicted molar refractivity (Wildman–Crippen MR) is 113 cm³/mol. The molecule has 1 unspecified atom stereocenters. The van der Waals surface area contributed by atoms with Gasteiger partial charge in [0.25, 0.3) is 0 Å². The van der Waals surface area contributed by atoms with Crippen molar-refractivity contribution in [3.8, 4) is 0 Å². The van der Waals surface area contributed by atoms with E-state index in [0.29, 0.717) is 6.42 Å². The van der Waals surface area contributed by atoms with Crippen LogP contribution >= 0.6 is 12.4 Å². The minimum Gasteiger partial charge on any atom is -0.458 e. The number of hydrogen-bond donors (Lipinski definition) is 3. The van der Waals surface area contributed by atoms with Crippen LogP contribution in [-0.4, -0.2) is 24.3 Å². The predicted octanol–water partition coefficient (Wildman–Crippen LogP) is 4.39.